The van der Waals surface area contributed by atoms with Crippen LogP contribution in [0.3, 0.4) is 0 Å². The van der Waals surface area contributed by atoms with E-state index in [-0.39, 0.29) is 0 Å². The standard InChI is InChI=1S/C12H16N4O/c13-8-11-4-6-15-12(16-11)14-5-1-7-17-9-10-2-3-10/h4,6,10H,1-3,5,7,9H2,(H,14,15,16). The van der Waals surface area contributed by atoms with Gasteiger partial charge in [0.2, 0.25) is 5.95 Å². The number of nitriles is 1. The molecule has 0 bridgehead atoms. The molecule has 1 aliphatic rings. The highest BCUT2D eigenvalue weighted by Crippen LogP contribution is 2.28. The Kier molecular flexibility index (Phi) is 4.28. The first-order valence-corrected chi connectivity index (χ1v) is 5.93. The normalized spacial score (nSPS) is 14.3. The molecule has 2 rings (SSSR count). The molecule has 5 nitrogen and oxygen atoms in total. The number of hydrogen-bond donors (Lipinski definition) is 1. The van der Waals surface area contributed by atoms with Crippen LogP contribution in [-0.2, 0) is 4.74 Å². The Morgan fingerprint density at radius 3 is 3.18 bits per heavy atom. The molecule has 0 aromatic carbocycles. The zero-order chi connectivity index (χ0) is 11.9. The van der Waals surface area contributed by atoms with Gasteiger partial charge in [-0.3, -0.25) is 0 Å². The van der Waals surface area contributed by atoms with Crippen LogP contribution in [0.1, 0.15) is 25.0 Å². The molecule has 90 valence electrons. The van der Waals surface area contributed by atoms with Crippen molar-refractivity contribution in [3.8, 4) is 6.07 Å². The monoisotopic (exact) mass is 232 g/mol. The predicted octanol–water partition coefficient (Wildman–Crippen LogP) is 1.58. The van der Waals surface area contributed by atoms with Crippen LogP contribution >= 0.6 is 0 Å². The first-order valence-electron chi connectivity index (χ1n) is 5.93. The van der Waals surface area contributed by atoms with Gasteiger partial charge in [0.1, 0.15) is 11.8 Å². The maximum absolute atomic E-state index is 8.67. The van der Waals surface area contributed by atoms with Gasteiger partial charge in [0.15, 0.2) is 0 Å². The molecule has 0 radical (unpaired) electrons. The van der Waals surface area contributed by atoms with Crippen LogP contribution in [0.15, 0.2) is 12.3 Å². The number of hydrogen-bond acceptors (Lipinski definition) is 5. The first-order chi connectivity index (χ1) is 8.38. The van der Waals surface area contributed by atoms with Crippen molar-refractivity contribution in [3.05, 3.63) is 18.0 Å². The average Bonchev–Trinajstić information content (AvgIpc) is 3.18. The Morgan fingerprint density at radius 1 is 1.53 bits per heavy atom. The fourth-order valence-electron chi connectivity index (χ4n) is 1.42. The minimum Gasteiger partial charge on any atom is -0.381 e. The fraction of sp³-hybridized carbons (Fsp3) is 0.583. The van der Waals surface area contributed by atoms with E-state index in [9.17, 15) is 0 Å². The second kappa shape index (κ2) is 6.16. The van der Waals surface area contributed by atoms with Gasteiger partial charge >= 0.3 is 0 Å². The van der Waals surface area contributed by atoms with E-state index in [0.717, 1.165) is 32.1 Å². The van der Waals surface area contributed by atoms with Crippen LogP contribution in [0, 0.1) is 17.2 Å². The lowest BCUT2D eigenvalue weighted by molar-refractivity contribution is 0.124. The molecule has 0 amide bonds. The lowest BCUT2D eigenvalue weighted by atomic mass is 10.4. The summed E-state index contributed by atoms with van der Waals surface area (Å²) in [6.45, 7) is 2.43. The predicted molar refractivity (Wildman–Crippen MR) is 63.4 cm³/mol. The highest BCUT2D eigenvalue weighted by molar-refractivity contribution is 5.29. The summed E-state index contributed by atoms with van der Waals surface area (Å²) in [4.78, 5) is 8.05. The maximum Gasteiger partial charge on any atom is 0.223 e. The van der Waals surface area contributed by atoms with E-state index in [1.165, 1.54) is 12.8 Å². The second-order valence-corrected chi connectivity index (χ2v) is 4.18. The summed E-state index contributed by atoms with van der Waals surface area (Å²) >= 11 is 0. The summed E-state index contributed by atoms with van der Waals surface area (Å²) in [7, 11) is 0. The van der Waals surface area contributed by atoms with Crippen molar-refractivity contribution >= 4 is 5.95 Å². The Morgan fingerprint density at radius 2 is 2.41 bits per heavy atom. The number of rotatable bonds is 7. The van der Waals surface area contributed by atoms with Gasteiger partial charge in [0.25, 0.3) is 0 Å². The summed E-state index contributed by atoms with van der Waals surface area (Å²) < 4.78 is 5.51. The van der Waals surface area contributed by atoms with E-state index in [0.29, 0.717) is 11.6 Å². The lowest BCUT2D eigenvalue weighted by Gasteiger charge is -2.05. The topological polar surface area (TPSA) is 70.8 Å². The van der Waals surface area contributed by atoms with Gasteiger partial charge in [-0.2, -0.15) is 5.26 Å². The lowest BCUT2D eigenvalue weighted by Crippen LogP contribution is -2.09. The van der Waals surface area contributed by atoms with Crippen LogP contribution in [-0.4, -0.2) is 29.7 Å². The molecular formula is C12H16N4O. The van der Waals surface area contributed by atoms with Crippen molar-refractivity contribution in [1.82, 2.24) is 9.97 Å². The van der Waals surface area contributed by atoms with Gasteiger partial charge in [-0.15, -0.1) is 0 Å². The average molecular weight is 232 g/mol. The molecule has 1 saturated carbocycles. The first kappa shape index (κ1) is 11.8. The van der Waals surface area contributed by atoms with Crippen molar-refractivity contribution in [2.24, 2.45) is 5.92 Å². The van der Waals surface area contributed by atoms with Gasteiger partial charge in [0.05, 0.1) is 0 Å². The quantitative estimate of drug-likeness (QED) is 0.723. The smallest absolute Gasteiger partial charge is 0.223 e. The fourth-order valence-corrected chi connectivity index (χ4v) is 1.42. The third-order valence-corrected chi connectivity index (χ3v) is 2.57. The third-order valence-electron chi connectivity index (χ3n) is 2.57. The van der Waals surface area contributed by atoms with Crippen molar-refractivity contribution < 1.29 is 4.74 Å². The molecule has 1 aliphatic carbocycles. The number of ether oxygens (including phenoxy) is 1. The van der Waals surface area contributed by atoms with Crippen molar-refractivity contribution in [3.63, 3.8) is 0 Å². The minimum absolute atomic E-state index is 0.382. The van der Waals surface area contributed by atoms with Crippen LogP contribution in [0.25, 0.3) is 0 Å². The Balaban J connectivity index is 1.58. The molecule has 0 aliphatic heterocycles. The van der Waals surface area contributed by atoms with Gasteiger partial charge in [-0.25, -0.2) is 9.97 Å². The van der Waals surface area contributed by atoms with Crippen molar-refractivity contribution in [2.45, 2.75) is 19.3 Å². The minimum atomic E-state index is 0.382. The van der Waals surface area contributed by atoms with E-state index in [1.54, 1.807) is 12.3 Å². The largest absolute Gasteiger partial charge is 0.381 e. The molecule has 17 heavy (non-hydrogen) atoms. The van der Waals surface area contributed by atoms with Crippen molar-refractivity contribution in [1.29, 1.82) is 5.26 Å². The van der Waals surface area contributed by atoms with E-state index >= 15 is 0 Å². The number of aromatic nitrogens is 2. The third kappa shape index (κ3) is 4.37. The highest BCUT2D eigenvalue weighted by atomic mass is 16.5. The van der Waals surface area contributed by atoms with Crippen LogP contribution in [0.5, 0.6) is 0 Å². The molecule has 1 fully saturated rings. The zero-order valence-corrected chi connectivity index (χ0v) is 9.72. The molecule has 0 spiro atoms. The Labute approximate surface area is 101 Å². The molecule has 1 heterocycles. The van der Waals surface area contributed by atoms with E-state index in [4.69, 9.17) is 10.00 Å². The molecule has 0 atom stereocenters. The second-order valence-electron chi connectivity index (χ2n) is 4.18. The highest BCUT2D eigenvalue weighted by Gasteiger charge is 2.20. The molecule has 0 unspecified atom stereocenters. The Bertz CT molecular complexity index is 398. The van der Waals surface area contributed by atoms with Gasteiger partial charge < -0.3 is 10.1 Å². The number of anilines is 1. The molecule has 1 aromatic rings. The summed E-state index contributed by atoms with van der Waals surface area (Å²) in [5.74, 6) is 1.32. The molecule has 0 saturated heterocycles. The van der Waals surface area contributed by atoms with Gasteiger partial charge in [-0.05, 0) is 31.2 Å². The van der Waals surface area contributed by atoms with Gasteiger partial charge in [-0.1, -0.05) is 0 Å². The van der Waals surface area contributed by atoms with Crippen LogP contribution < -0.4 is 5.32 Å². The summed E-state index contributed by atoms with van der Waals surface area (Å²) in [5.41, 5.74) is 0.382. The maximum atomic E-state index is 8.67. The summed E-state index contributed by atoms with van der Waals surface area (Å²) in [6, 6.07) is 3.57. The van der Waals surface area contributed by atoms with Crippen LogP contribution in [0.4, 0.5) is 5.95 Å². The van der Waals surface area contributed by atoms with Crippen LogP contribution in [0.2, 0.25) is 0 Å². The number of nitrogens with one attached hydrogen (secondary N) is 1. The van der Waals surface area contributed by atoms with E-state index in [1.807, 2.05) is 6.07 Å². The molecule has 1 aromatic heterocycles. The molecule has 5 heteroatoms. The summed E-state index contributed by atoms with van der Waals surface area (Å²) in [5, 5.41) is 11.7. The number of nitrogens with zero attached hydrogens (tertiary/aromatic N) is 3. The molecular weight excluding hydrogens is 216 g/mol. The summed E-state index contributed by atoms with van der Waals surface area (Å²) in [6.07, 6.45) is 5.16. The van der Waals surface area contributed by atoms with Crippen molar-refractivity contribution in [2.75, 3.05) is 25.1 Å². The SMILES string of the molecule is N#Cc1ccnc(NCCCOCC2CC2)n1. The Hall–Kier alpha value is -1.67. The van der Waals surface area contributed by atoms with Gasteiger partial charge in [0, 0.05) is 26.0 Å². The van der Waals surface area contributed by atoms with E-state index < -0.39 is 0 Å². The zero-order valence-electron chi connectivity index (χ0n) is 9.72. The van der Waals surface area contributed by atoms with E-state index in [2.05, 4.69) is 15.3 Å². The molecule has 1 N–H and O–H groups in total.